The summed E-state index contributed by atoms with van der Waals surface area (Å²) in [6, 6.07) is 2.29. The van der Waals surface area contributed by atoms with Gasteiger partial charge in [-0.25, -0.2) is 4.98 Å². The Labute approximate surface area is 145 Å². The van der Waals surface area contributed by atoms with Gasteiger partial charge in [-0.15, -0.1) is 11.3 Å². The molecule has 0 bridgehead atoms. The van der Waals surface area contributed by atoms with Crippen LogP contribution in [0.15, 0.2) is 5.38 Å². The lowest BCUT2D eigenvalue weighted by Gasteiger charge is -2.30. The summed E-state index contributed by atoms with van der Waals surface area (Å²) in [4.78, 5) is 20.1. The van der Waals surface area contributed by atoms with E-state index in [2.05, 4.69) is 43.1 Å². The van der Waals surface area contributed by atoms with Crippen molar-refractivity contribution in [3.05, 3.63) is 21.9 Å². The maximum atomic E-state index is 9.62. The zero-order chi connectivity index (χ0) is 17.1. The average molecular weight is 343 g/mol. The van der Waals surface area contributed by atoms with Crippen LogP contribution in [0.25, 0.3) is 0 Å². The summed E-state index contributed by atoms with van der Waals surface area (Å²) in [6.07, 6.45) is 2.26. The number of nitrogens with one attached hydrogen (secondary N) is 1. The molecule has 1 atom stereocenters. The fraction of sp³-hybridized carbons (Fsp3) is 0.562. The molecule has 1 N–H and O–H groups in total. The molecule has 1 fully saturated rings. The van der Waals surface area contributed by atoms with E-state index in [9.17, 15) is 5.26 Å². The number of thiazole rings is 1. The van der Waals surface area contributed by atoms with E-state index >= 15 is 0 Å². The summed E-state index contributed by atoms with van der Waals surface area (Å²) in [5.74, 6) is 1.75. The van der Waals surface area contributed by atoms with Crippen LogP contribution < -0.4 is 10.2 Å². The van der Waals surface area contributed by atoms with Crippen molar-refractivity contribution in [2.45, 2.75) is 32.6 Å². The molecule has 0 aliphatic carbocycles. The van der Waals surface area contributed by atoms with Gasteiger partial charge in [0.2, 0.25) is 11.9 Å². The molecule has 3 heterocycles. The molecular weight excluding hydrogens is 322 g/mol. The lowest BCUT2D eigenvalue weighted by atomic mass is 10.00. The highest BCUT2D eigenvalue weighted by Gasteiger charge is 2.25. The van der Waals surface area contributed by atoms with Crippen LogP contribution in [0.2, 0.25) is 0 Å². The van der Waals surface area contributed by atoms with Crippen molar-refractivity contribution in [2.24, 2.45) is 5.92 Å². The molecule has 2 aromatic rings. The predicted octanol–water partition coefficient (Wildman–Crippen LogP) is 2.57. The summed E-state index contributed by atoms with van der Waals surface area (Å²) in [6.45, 7) is 6.05. The molecule has 8 heteroatoms. The third-order valence-corrected chi connectivity index (χ3v) is 5.23. The quantitative estimate of drug-likeness (QED) is 0.912. The van der Waals surface area contributed by atoms with Gasteiger partial charge >= 0.3 is 0 Å². The highest BCUT2D eigenvalue weighted by Crippen LogP contribution is 2.27. The monoisotopic (exact) mass is 343 g/mol. The zero-order valence-corrected chi connectivity index (χ0v) is 15.0. The second-order valence-electron chi connectivity index (χ2n) is 6.13. The van der Waals surface area contributed by atoms with E-state index < -0.39 is 5.92 Å². The number of aryl methyl sites for hydroxylation is 1. The molecule has 1 saturated heterocycles. The molecule has 126 valence electrons. The molecule has 1 aliphatic heterocycles. The van der Waals surface area contributed by atoms with Gasteiger partial charge in [-0.2, -0.15) is 20.2 Å². The number of nitrogens with zero attached hydrogens (tertiary/aromatic N) is 6. The number of anilines is 2. The van der Waals surface area contributed by atoms with Gasteiger partial charge in [0.25, 0.3) is 0 Å². The third kappa shape index (κ3) is 3.46. The van der Waals surface area contributed by atoms with E-state index in [0.29, 0.717) is 17.7 Å². The normalized spacial score (nSPS) is 16.7. The van der Waals surface area contributed by atoms with E-state index in [1.807, 2.05) is 12.3 Å². The fourth-order valence-electron chi connectivity index (χ4n) is 2.70. The maximum Gasteiger partial charge on any atom is 0.230 e. The van der Waals surface area contributed by atoms with Crippen molar-refractivity contribution in [1.29, 1.82) is 5.26 Å². The van der Waals surface area contributed by atoms with Crippen molar-refractivity contribution in [2.75, 3.05) is 30.4 Å². The minimum absolute atomic E-state index is 0.458. The summed E-state index contributed by atoms with van der Waals surface area (Å²) >= 11 is 1.46. The van der Waals surface area contributed by atoms with Crippen LogP contribution >= 0.6 is 11.3 Å². The van der Waals surface area contributed by atoms with Crippen LogP contribution in [0, 0.1) is 24.2 Å². The number of hydrogen-bond acceptors (Lipinski definition) is 8. The van der Waals surface area contributed by atoms with Gasteiger partial charge in [0.1, 0.15) is 5.01 Å². The molecule has 0 spiro atoms. The van der Waals surface area contributed by atoms with Gasteiger partial charge in [0.15, 0.2) is 11.7 Å². The number of nitriles is 1. The van der Waals surface area contributed by atoms with Gasteiger partial charge in [-0.3, -0.25) is 0 Å². The molecule has 0 radical (unpaired) electrons. The molecule has 0 amide bonds. The summed E-state index contributed by atoms with van der Waals surface area (Å²) in [7, 11) is 1.77. The van der Waals surface area contributed by atoms with Crippen molar-refractivity contribution in [1.82, 2.24) is 19.9 Å². The van der Waals surface area contributed by atoms with E-state index in [1.165, 1.54) is 11.3 Å². The minimum Gasteiger partial charge on any atom is -0.357 e. The first kappa shape index (κ1) is 16.6. The Bertz CT molecular complexity index is 743. The average Bonchev–Trinajstić information content (AvgIpc) is 3.02. The Hall–Kier alpha value is -2.27. The predicted molar refractivity (Wildman–Crippen MR) is 94.3 cm³/mol. The third-order valence-electron chi connectivity index (χ3n) is 4.20. The van der Waals surface area contributed by atoms with Gasteiger partial charge in [-0.1, -0.05) is 6.92 Å². The molecule has 0 saturated carbocycles. The molecule has 1 aliphatic rings. The fourth-order valence-corrected chi connectivity index (χ4v) is 3.53. The molecule has 1 unspecified atom stereocenters. The molecule has 3 rings (SSSR count). The van der Waals surface area contributed by atoms with E-state index in [4.69, 9.17) is 0 Å². The first-order valence-electron chi connectivity index (χ1n) is 8.11. The van der Waals surface area contributed by atoms with Crippen molar-refractivity contribution in [3.63, 3.8) is 0 Å². The molecule has 7 nitrogen and oxygen atoms in total. The first-order chi connectivity index (χ1) is 11.6. The molecule has 2 aromatic heterocycles. The molecule has 24 heavy (non-hydrogen) atoms. The van der Waals surface area contributed by atoms with Crippen LogP contribution in [-0.2, 0) is 0 Å². The largest absolute Gasteiger partial charge is 0.357 e. The molecular formula is C16H21N7S. The van der Waals surface area contributed by atoms with Gasteiger partial charge in [-0.05, 0) is 25.7 Å². The second kappa shape index (κ2) is 7.09. The lowest BCUT2D eigenvalue weighted by molar-refractivity contribution is 0.434. The number of hydrogen-bond donors (Lipinski definition) is 1. The van der Waals surface area contributed by atoms with Gasteiger partial charge in [0, 0.05) is 31.2 Å². The summed E-state index contributed by atoms with van der Waals surface area (Å²) in [5, 5.41) is 15.3. The molecule has 0 aromatic carbocycles. The van der Waals surface area contributed by atoms with Gasteiger partial charge in [0.05, 0.1) is 6.07 Å². The Kier molecular flexibility index (Phi) is 4.90. The Balaban J connectivity index is 1.95. The summed E-state index contributed by atoms with van der Waals surface area (Å²) < 4.78 is 0. The topological polar surface area (TPSA) is 90.6 Å². The highest BCUT2D eigenvalue weighted by molar-refractivity contribution is 7.09. The van der Waals surface area contributed by atoms with Crippen LogP contribution in [0.3, 0.4) is 0 Å². The number of rotatable bonds is 4. The Morgan fingerprint density at radius 2 is 2.04 bits per heavy atom. The number of piperidine rings is 1. The smallest absolute Gasteiger partial charge is 0.230 e. The van der Waals surface area contributed by atoms with E-state index in [-0.39, 0.29) is 0 Å². The first-order valence-corrected chi connectivity index (χ1v) is 8.99. The zero-order valence-electron chi connectivity index (χ0n) is 14.2. The maximum absolute atomic E-state index is 9.62. The SMILES string of the molecule is CNc1nc(C(C#N)c2nc(C)cs2)nc(N2CCC(C)CC2)n1. The lowest BCUT2D eigenvalue weighted by Crippen LogP contribution is -2.34. The van der Waals surface area contributed by atoms with E-state index in [1.54, 1.807) is 7.05 Å². The van der Waals surface area contributed by atoms with Gasteiger partial charge < -0.3 is 10.2 Å². The summed E-state index contributed by atoms with van der Waals surface area (Å²) in [5.41, 5.74) is 0.906. The van der Waals surface area contributed by atoms with Crippen LogP contribution in [-0.4, -0.2) is 40.1 Å². The van der Waals surface area contributed by atoms with Crippen LogP contribution in [0.5, 0.6) is 0 Å². The van der Waals surface area contributed by atoms with Crippen molar-refractivity contribution < 1.29 is 0 Å². The number of aromatic nitrogens is 4. The van der Waals surface area contributed by atoms with Crippen molar-refractivity contribution >= 4 is 23.2 Å². The van der Waals surface area contributed by atoms with Crippen LogP contribution in [0.1, 0.15) is 42.2 Å². The van der Waals surface area contributed by atoms with Crippen molar-refractivity contribution in [3.8, 4) is 6.07 Å². The standard InChI is InChI=1S/C16H21N7S/c1-10-4-6-23(7-5-10)16-21-13(20-15(18-3)22-16)12(8-17)14-19-11(2)9-24-14/h9-10,12H,4-7H2,1-3H3,(H,18,20,21,22). The second-order valence-corrected chi connectivity index (χ2v) is 7.02. The Morgan fingerprint density at radius 1 is 1.29 bits per heavy atom. The van der Waals surface area contributed by atoms with Crippen LogP contribution in [0.4, 0.5) is 11.9 Å². The van der Waals surface area contributed by atoms with E-state index in [0.717, 1.165) is 42.6 Å². The highest BCUT2D eigenvalue weighted by atomic mass is 32.1. The minimum atomic E-state index is -0.568. The Morgan fingerprint density at radius 3 is 2.62 bits per heavy atom.